The van der Waals surface area contributed by atoms with E-state index in [0.717, 1.165) is 23.1 Å². The van der Waals surface area contributed by atoms with Gasteiger partial charge in [0.15, 0.2) is 0 Å². The third-order valence-electron chi connectivity index (χ3n) is 6.26. The van der Waals surface area contributed by atoms with Crippen molar-refractivity contribution in [3.63, 3.8) is 0 Å². The molecule has 1 amide bonds. The molecule has 1 atom stereocenters. The predicted octanol–water partition coefficient (Wildman–Crippen LogP) is 6.83. The molecule has 1 fully saturated rings. The van der Waals surface area contributed by atoms with Crippen molar-refractivity contribution in [2.24, 2.45) is 0 Å². The number of aliphatic hydroxyl groups is 1. The highest BCUT2D eigenvalue weighted by Crippen LogP contribution is 2.42. The molecule has 4 nitrogen and oxygen atoms in total. The first-order valence-corrected chi connectivity index (χ1v) is 11.8. The third-order valence-corrected chi connectivity index (χ3v) is 6.49. The number of aliphatic hydroxyl groups excluding tert-OH is 1. The van der Waals surface area contributed by atoms with E-state index in [9.17, 15) is 14.7 Å². The Balaban J connectivity index is 1.90. The standard InChI is InChI=1S/C29H28ClNO3/c1-5-18-9-11-19(12-10-18)25-24(26(32)20-7-6-8-22(30)17-20)27(33)28(34)31(25)23-15-13-21(14-16-23)29(2,3)4/h6-17,25,32H,5H2,1-4H3/b26-24+. The first-order valence-electron chi connectivity index (χ1n) is 11.4. The summed E-state index contributed by atoms with van der Waals surface area (Å²) in [6, 6.07) is 21.3. The lowest BCUT2D eigenvalue weighted by molar-refractivity contribution is -0.132. The zero-order valence-corrected chi connectivity index (χ0v) is 20.6. The van der Waals surface area contributed by atoms with Gasteiger partial charge in [-0.1, -0.05) is 87.8 Å². The van der Waals surface area contributed by atoms with Gasteiger partial charge in [-0.2, -0.15) is 0 Å². The number of benzene rings is 3. The first kappa shape index (κ1) is 23.8. The normalized spacial score (nSPS) is 17.9. The van der Waals surface area contributed by atoms with Crippen LogP contribution in [-0.4, -0.2) is 16.8 Å². The van der Waals surface area contributed by atoms with Gasteiger partial charge in [0.1, 0.15) is 5.76 Å². The molecule has 0 radical (unpaired) electrons. The lowest BCUT2D eigenvalue weighted by Crippen LogP contribution is -2.29. The van der Waals surface area contributed by atoms with Crippen molar-refractivity contribution in [1.82, 2.24) is 0 Å². The van der Waals surface area contributed by atoms with Gasteiger partial charge < -0.3 is 5.11 Å². The summed E-state index contributed by atoms with van der Waals surface area (Å²) in [4.78, 5) is 28.1. The molecular weight excluding hydrogens is 446 g/mol. The van der Waals surface area contributed by atoms with Gasteiger partial charge in [0.25, 0.3) is 11.7 Å². The van der Waals surface area contributed by atoms with Crippen molar-refractivity contribution in [1.29, 1.82) is 0 Å². The number of carbonyl (C=O) groups excluding carboxylic acids is 2. The molecule has 0 aromatic heterocycles. The molecule has 1 N–H and O–H groups in total. The number of carbonyl (C=O) groups is 2. The SMILES string of the molecule is CCc1ccc(C2/C(=C(\O)c3cccc(Cl)c3)C(=O)C(=O)N2c2ccc(C(C)(C)C)cc2)cc1. The molecule has 0 saturated carbocycles. The highest BCUT2D eigenvalue weighted by atomic mass is 35.5. The van der Waals surface area contributed by atoms with Crippen molar-refractivity contribution < 1.29 is 14.7 Å². The van der Waals surface area contributed by atoms with Gasteiger partial charge in [0.05, 0.1) is 11.6 Å². The van der Waals surface area contributed by atoms with Crippen molar-refractivity contribution >= 4 is 34.7 Å². The summed E-state index contributed by atoms with van der Waals surface area (Å²) in [6.07, 6.45) is 0.872. The Morgan fingerprint density at radius 1 is 0.971 bits per heavy atom. The Morgan fingerprint density at radius 2 is 1.62 bits per heavy atom. The number of halogens is 1. The van der Waals surface area contributed by atoms with Crippen LogP contribution >= 0.6 is 11.6 Å². The average Bonchev–Trinajstić information content (AvgIpc) is 3.08. The van der Waals surface area contributed by atoms with E-state index < -0.39 is 17.7 Å². The van der Waals surface area contributed by atoms with E-state index >= 15 is 0 Å². The Bertz CT molecular complexity index is 1270. The molecule has 1 saturated heterocycles. The fraction of sp³-hybridized carbons (Fsp3) is 0.241. The molecular formula is C29H28ClNO3. The second-order valence-corrected chi connectivity index (χ2v) is 10.0. The topological polar surface area (TPSA) is 57.6 Å². The summed E-state index contributed by atoms with van der Waals surface area (Å²) in [5.74, 6) is -1.63. The zero-order chi connectivity index (χ0) is 24.6. The monoisotopic (exact) mass is 473 g/mol. The van der Waals surface area contributed by atoms with E-state index in [0.29, 0.717) is 16.3 Å². The van der Waals surface area contributed by atoms with Crippen LogP contribution in [0.25, 0.3) is 5.76 Å². The Kier molecular flexibility index (Phi) is 6.37. The van der Waals surface area contributed by atoms with Crippen molar-refractivity contribution in [3.05, 3.63) is 106 Å². The van der Waals surface area contributed by atoms with Crippen LogP contribution in [0.3, 0.4) is 0 Å². The maximum atomic E-state index is 13.3. The second kappa shape index (κ2) is 9.11. The lowest BCUT2D eigenvalue weighted by atomic mass is 9.87. The maximum Gasteiger partial charge on any atom is 0.300 e. The van der Waals surface area contributed by atoms with Crippen LogP contribution in [0.2, 0.25) is 5.02 Å². The van der Waals surface area contributed by atoms with Gasteiger partial charge >= 0.3 is 0 Å². The van der Waals surface area contributed by atoms with E-state index in [1.54, 1.807) is 24.3 Å². The number of hydrogen-bond acceptors (Lipinski definition) is 3. The quantitative estimate of drug-likeness (QED) is 0.257. The van der Waals surface area contributed by atoms with Crippen LogP contribution in [-0.2, 0) is 21.4 Å². The second-order valence-electron chi connectivity index (χ2n) is 9.57. The molecule has 5 heteroatoms. The molecule has 174 valence electrons. The van der Waals surface area contributed by atoms with E-state index in [2.05, 4.69) is 27.7 Å². The van der Waals surface area contributed by atoms with Gasteiger partial charge in [-0.05, 0) is 52.8 Å². The van der Waals surface area contributed by atoms with E-state index in [1.807, 2.05) is 48.5 Å². The van der Waals surface area contributed by atoms with E-state index in [4.69, 9.17) is 11.6 Å². The summed E-state index contributed by atoms with van der Waals surface area (Å²) in [6.45, 7) is 8.43. The molecule has 3 aromatic carbocycles. The Hall–Kier alpha value is -3.37. The van der Waals surface area contributed by atoms with E-state index in [-0.39, 0.29) is 16.7 Å². The Labute approximate surface area is 205 Å². The molecule has 3 aromatic rings. The molecule has 1 unspecified atom stereocenters. The van der Waals surface area contributed by atoms with Crippen LogP contribution in [0.1, 0.15) is 56.0 Å². The summed E-state index contributed by atoms with van der Waals surface area (Å²) >= 11 is 6.13. The smallest absolute Gasteiger partial charge is 0.300 e. The third kappa shape index (κ3) is 4.38. The molecule has 0 aliphatic carbocycles. The predicted molar refractivity (Wildman–Crippen MR) is 137 cm³/mol. The summed E-state index contributed by atoms with van der Waals surface area (Å²) in [5, 5.41) is 11.6. The molecule has 0 bridgehead atoms. The molecule has 0 spiro atoms. The van der Waals surface area contributed by atoms with Crippen LogP contribution in [0.15, 0.2) is 78.4 Å². The zero-order valence-electron chi connectivity index (χ0n) is 19.8. The summed E-state index contributed by atoms with van der Waals surface area (Å²) in [5.41, 5.74) is 4.01. The number of aryl methyl sites for hydroxylation is 1. The van der Waals surface area contributed by atoms with Crippen LogP contribution in [0, 0.1) is 0 Å². The van der Waals surface area contributed by atoms with Gasteiger partial charge in [-0.25, -0.2) is 0 Å². The van der Waals surface area contributed by atoms with Gasteiger partial charge in [-0.15, -0.1) is 0 Å². The lowest BCUT2D eigenvalue weighted by Gasteiger charge is -2.27. The number of hydrogen-bond donors (Lipinski definition) is 1. The fourth-order valence-electron chi connectivity index (χ4n) is 4.26. The number of ketones is 1. The van der Waals surface area contributed by atoms with Gasteiger partial charge in [0.2, 0.25) is 0 Å². The fourth-order valence-corrected chi connectivity index (χ4v) is 4.45. The Morgan fingerprint density at radius 3 is 2.18 bits per heavy atom. The van der Waals surface area contributed by atoms with Crippen LogP contribution in [0.5, 0.6) is 0 Å². The highest BCUT2D eigenvalue weighted by Gasteiger charge is 2.47. The van der Waals surface area contributed by atoms with Crippen molar-refractivity contribution in [2.45, 2.75) is 45.6 Å². The average molecular weight is 474 g/mol. The first-order chi connectivity index (χ1) is 16.1. The largest absolute Gasteiger partial charge is 0.507 e. The van der Waals surface area contributed by atoms with Crippen molar-refractivity contribution in [2.75, 3.05) is 4.90 Å². The summed E-state index contributed by atoms with van der Waals surface area (Å²) < 4.78 is 0. The number of rotatable bonds is 4. The minimum absolute atomic E-state index is 0.0470. The number of anilines is 1. The highest BCUT2D eigenvalue weighted by molar-refractivity contribution is 6.51. The minimum atomic E-state index is -0.759. The van der Waals surface area contributed by atoms with E-state index in [1.165, 1.54) is 4.90 Å². The van der Waals surface area contributed by atoms with Gasteiger partial charge in [0, 0.05) is 16.3 Å². The van der Waals surface area contributed by atoms with Gasteiger partial charge in [-0.3, -0.25) is 14.5 Å². The van der Waals surface area contributed by atoms with Crippen molar-refractivity contribution in [3.8, 4) is 0 Å². The molecule has 1 heterocycles. The molecule has 1 aliphatic heterocycles. The minimum Gasteiger partial charge on any atom is -0.507 e. The summed E-state index contributed by atoms with van der Waals surface area (Å²) in [7, 11) is 0. The van der Waals surface area contributed by atoms with Crippen LogP contribution < -0.4 is 4.90 Å². The van der Waals surface area contributed by atoms with Crippen LogP contribution in [0.4, 0.5) is 5.69 Å². The number of nitrogens with zero attached hydrogens (tertiary/aromatic N) is 1. The maximum absolute atomic E-state index is 13.3. The molecule has 34 heavy (non-hydrogen) atoms. The number of Topliss-reactive ketones (excluding diaryl/α,β-unsaturated/α-hetero) is 1. The number of amides is 1. The molecule has 1 aliphatic rings. The molecule has 4 rings (SSSR count).